The van der Waals surface area contributed by atoms with Gasteiger partial charge in [0.05, 0.1) is 0 Å². The van der Waals surface area contributed by atoms with Crippen LogP contribution in [0.2, 0.25) is 0 Å². The average Bonchev–Trinajstić information content (AvgIpc) is 1.60. The second-order valence-electron chi connectivity index (χ2n) is 1.47. The molecule has 7 nitrogen and oxygen atoms in total. The van der Waals surface area contributed by atoms with Gasteiger partial charge in [-0.25, -0.2) is 0 Å². The lowest BCUT2D eigenvalue weighted by Gasteiger charge is -2.03. The molecule has 0 amide bonds. The van der Waals surface area contributed by atoms with Crippen LogP contribution in [0.4, 0.5) is 0 Å². The molecule has 0 aromatic heterocycles. The molecule has 0 rings (SSSR count). The summed E-state index contributed by atoms with van der Waals surface area (Å²) in [4.78, 5) is 31.9. The molecule has 70 valence electrons. The lowest BCUT2D eigenvalue weighted by molar-refractivity contribution is 0.357. The fourth-order valence-corrected chi connectivity index (χ4v) is 2.16. The topological polar surface area (TPSA) is 141 Å². The third kappa shape index (κ3) is 17.9. The predicted octanol–water partition coefficient (Wildman–Crippen LogP) is -1.13. The number of rotatable bonds is 2. The van der Waals surface area contributed by atoms with Crippen molar-refractivity contribution in [3.05, 3.63) is 0 Å². The molecule has 9 heteroatoms. The fraction of sp³-hybridized carbons (Fsp3) is 1.00. The van der Waals surface area contributed by atoms with Crippen molar-refractivity contribution in [2.75, 3.05) is 13.0 Å². The Bertz CT molecular complexity index is 159. The first-order chi connectivity index (χ1) is 4.71. The summed E-state index contributed by atoms with van der Waals surface area (Å²) in [6, 6.07) is 0. The quantitative estimate of drug-likeness (QED) is 0.361. The van der Waals surface area contributed by atoms with E-state index in [1.54, 1.807) is 0 Å². The average molecular weight is 207 g/mol. The van der Waals surface area contributed by atoms with Crippen molar-refractivity contribution in [1.29, 1.82) is 0 Å². The molecule has 0 atom stereocenters. The second-order valence-corrected chi connectivity index (χ2v) is 5.26. The number of hydrogen-bond donors (Lipinski definition) is 5. The van der Waals surface area contributed by atoms with Crippen LogP contribution < -0.4 is 5.73 Å². The molecule has 0 aliphatic carbocycles. The lowest BCUT2D eigenvalue weighted by atomic mass is 11.6. The van der Waals surface area contributed by atoms with Crippen LogP contribution in [0.5, 0.6) is 0 Å². The minimum Gasteiger partial charge on any atom is -0.333 e. The van der Waals surface area contributed by atoms with Gasteiger partial charge in [-0.1, -0.05) is 0 Å². The van der Waals surface area contributed by atoms with Crippen molar-refractivity contribution in [3.8, 4) is 0 Å². The molecule has 0 aromatic carbocycles. The smallest absolute Gasteiger partial charge is 0.333 e. The SMILES string of the molecule is CN.O=P(O)(O)CP(=O)(O)O. The predicted molar refractivity (Wildman–Crippen MR) is 39.1 cm³/mol. The highest BCUT2D eigenvalue weighted by molar-refractivity contribution is 7.69. The van der Waals surface area contributed by atoms with E-state index in [9.17, 15) is 9.13 Å². The second kappa shape index (κ2) is 5.00. The minimum atomic E-state index is -4.55. The van der Waals surface area contributed by atoms with Crippen molar-refractivity contribution in [2.45, 2.75) is 0 Å². The zero-order chi connectivity index (χ0) is 9.71. The molecule has 0 heterocycles. The molecule has 0 radical (unpaired) electrons. The molecule has 11 heavy (non-hydrogen) atoms. The Morgan fingerprint density at radius 1 is 1.00 bits per heavy atom. The zero-order valence-electron chi connectivity index (χ0n) is 5.78. The van der Waals surface area contributed by atoms with Crippen molar-refractivity contribution >= 4 is 15.2 Å². The maximum absolute atomic E-state index is 9.85. The van der Waals surface area contributed by atoms with Crippen LogP contribution in [0.25, 0.3) is 0 Å². The van der Waals surface area contributed by atoms with E-state index in [1.807, 2.05) is 0 Å². The van der Waals surface area contributed by atoms with Gasteiger partial charge < -0.3 is 25.3 Å². The zero-order valence-corrected chi connectivity index (χ0v) is 7.57. The highest BCUT2D eigenvalue weighted by Gasteiger charge is 2.26. The number of nitrogens with two attached hydrogens (primary N) is 1. The van der Waals surface area contributed by atoms with Crippen LogP contribution in [-0.2, 0) is 9.13 Å². The van der Waals surface area contributed by atoms with Gasteiger partial charge in [0.25, 0.3) is 0 Å². The van der Waals surface area contributed by atoms with Crippen molar-refractivity contribution in [1.82, 2.24) is 0 Å². The molecule has 6 N–H and O–H groups in total. The van der Waals surface area contributed by atoms with Crippen LogP contribution in [0.1, 0.15) is 0 Å². The third-order valence-electron chi connectivity index (χ3n) is 0.368. The molecular weight excluding hydrogens is 196 g/mol. The molecule has 0 unspecified atom stereocenters. The van der Waals surface area contributed by atoms with E-state index in [1.165, 1.54) is 7.05 Å². The standard InChI is InChI=1S/CH5N.CH6O6P2/c1-2;2-8(3,4)1-9(5,6)7/h2H2,1H3;1H2,(H2,2,3,4)(H2,5,6,7). The molecule has 0 aliphatic heterocycles. The Morgan fingerprint density at radius 2 is 1.18 bits per heavy atom. The van der Waals surface area contributed by atoms with E-state index >= 15 is 0 Å². The molecule has 0 aliphatic rings. The summed E-state index contributed by atoms with van der Waals surface area (Å²) in [5, 5.41) is 0. The van der Waals surface area contributed by atoms with E-state index in [4.69, 9.17) is 19.6 Å². The first kappa shape index (κ1) is 13.8. The van der Waals surface area contributed by atoms with Gasteiger partial charge in [0.1, 0.15) is 0 Å². The molecule has 0 saturated carbocycles. The Kier molecular flexibility index (Phi) is 6.29. The van der Waals surface area contributed by atoms with E-state index in [0.29, 0.717) is 0 Å². The van der Waals surface area contributed by atoms with Crippen LogP contribution in [0.3, 0.4) is 0 Å². The van der Waals surface area contributed by atoms with E-state index in [-0.39, 0.29) is 0 Å². The normalized spacial score (nSPS) is 11.8. The van der Waals surface area contributed by atoms with Gasteiger partial charge in [0, 0.05) is 0 Å². The van der Waals surface area contributed by atoms with Gasteiger partial charge >= 0.3 is 15.2 Å². The van der Waals surface area contributed by atoms with Gasteiger partial charge in [-0.3, -0.25) is 9.13 Å². The first-order valence-electron chi connectivity index (χ1n) is 2.37. The summed E-state index contributed by atoms with van der Waals surface area (Å²) in [6.45, 7) is 0. The molecule has 0 aromatic rings. The maximum atomic E-state index is 9.85. The molecule has 0 saturated heterocycles. The molecule has 0 fully saturated rings. The summed E-state index contributed by atoms with van der Waals surface area (Å²) in [6.07, 6.45) is 0. The Balaban J connectivity index is 0. The third-order valence-corrected chi connectivity index (χ3v) is 3.32. The van der Waals surface area contributed by atoms with Gasteiger partial charge in [-0.2, -0.15) is 0 Å². The van der Waals surface area contributed by atoms with Gasteiger partial charge in [-0.15, -0.1) is 0 Å². The highest BCUT2D eigenvalue weighted by Crippen LogP contribution is 2.51. The van der Waals surface area contributed by atoms with Crippen molar-refractivity contribution < 1.29 is 28.7 Å². The van der Waals surface area contributed by atoms with E-state index < -0.39 is 21.1 Å². The van der Waals surface area contributed by atoms with Gasteiger partial charge in [0.2, 0.25) is 0 Å². The van der Waals surface area contributed by atoms with Crippen molar-refractivity contribution in [2.24, 2.45) is 5.73 Å². The summed E-state index contributed by atoms with van der Waals surface area (Å²) in [7, 11) is -7.60. The van der Waals surface area contributed by atoms with E-state index in [0.717, 1.165) is 0 Å². The first-order valence-corrected chi connectivity index (χ1v) is 5.97. The fourth-order valence-electron chi connectivity index (χ4n) is 0.240. The Hall–Kier alpha value is 0.260. The molecule has 0 spiro atoms. The van der Waals surface area contributed by atoms with Gasteiger partial charge in [-0.05, 0) is 7.05 Å². The summed E-state index contributed by atoms with van der Waals surface area (Å²) >= 11 is 0. The van der Waals surface area contributed by atoms with Gasteiger partial charge in [0.15, 0.2) is 5.90 Å². The van der Waals surface area contributed by atoms with Crippen LogP contribution in [0, 0.1) is 0 Å². The Labute approximate surface area is 63.6 Å². The maximum Gasteiger partial charge on any atom is 0.337 e. The van der Waals surface area contributed by atoms with Crippen LogP contribution >= 0.6 is 15.2 Å². The summed E-state index contributed by atoms with van der Waals surface area (Å²) in [5.74, 6) is -1.38. The Morgan fingerprint density at radius 3 is 1.18 bits per heavy atom. The van der Waals surface area contributed by atoms with Crippen LogP contribution in [0.15, 0.2) is 0 Å². The minimum absolute atomic E-state index is 1.38. The summed E-state index contributed by atoms with van der Waals surface area (Å²) in [5.41, 5.74) is 4.50. The van der Waals surface area contributed by atoms with E-state index in [2.05, 4.69) is 5.73 Å². The van der Waals surface area contributed by atoms with Crippen LogP contribution in [-0.4, -0.2) is 32.5 Å². The largest absolute Gasteiger partial charge is 0.337 e. The monoisotopic (exact) mass is 207 g/mol. The number of hydrogen-bond acceptors (Lipinski definition) is 3. The highest BCUT2D eigenvalue weighted by atomic mass is 31.2. The lowest BCUT2D eigenvalue weighted by Crippen LogP contribution is -1.88. The summed E-state index contributed by atoms with van der Waals surface area (Å²) < 4.78 is 19.7. The van der Waals surface area contributed by atoms with Crippen molar-refractivity contribution in [3.63, 3.8) is 0 Å². The molecule has 0 bridgehead atoms. The molecular formula is C2H11NO6P2.